The fourth-order valence-electron chi connectivity index (χ4n) is 15.4. The summed E-state index contributed by atoms with van der Waals surface area (Å²) in [4.78, 5) is 51.5. The maximum atomic E-state index is 13.2. The molecule has 0 aliphatic carbocycles. The van der Waals surface area contributed by atoms with E-state index in [0.29, 0.717) is 0 Å². The normalized spacial score (nSPS) is 47.0. The van der Waals surface area contributed by atoms with Gasteiger partial charge in [-0.1, -0.05) is 0 Å². The van der Waals surface area contributed by atoms with Gasteiger partial charge in [0.2, 0.25) is 23.6 Å². The summed E-state index contributed by atoms with van der Waals surface area (Å²) >= 11 is 0. The monoisotopic (exact) mass is 1790 g/mol. The second-order valence-electron chi connectivity index (χ2n) is 30.8. The van der Waals surface area contributed by atoms with E-state index < -0.39 is 390 Å². The summed E-state index contributed by atoms with van der Waals surface area (Å²) in [6.07, 6.45) is -94.8. The summed E-state index contributed by atoms with van der Waals surface area (Å²) in [7, 11) is 0. The van der Waals surface area contributed by atoms with Crippen LogP contribution in [0.25, 0.3) is 0 Å². The van der Waals surface area contributed by atoms with Crippen molar-refractivity contribution in [2.45, 2.75) is 335 Å². The van der Waals surface area contributed by atoms with Gasteiger partial charge < -0.3 is 250 Å². The molecule has 0 bridgehead atoms. The Hall–Kier alpha value is -3.96. The van der Waals surface area contributed by atoms with Gasteiger partial charge in [0.05, 0.1) is 78.2 Å². The smallest absolute Gasteiger partial charge is 0.217 e. The van der Waals surface area contributed by atoms with Crippen molar-refractivity contribution in [1.82, 2.24) is 21.3 Å². The fraction of sp³-hybridized carbons (Fsp3) is 0.941. The minimum absolute atomic E-state index is 0.871. The number of carbonyl (C=O) groups is 4. The first-order chi connectivity index (χ1) is 57.6. The van der Waals surface area contributed by atoms with Gasteiger partial charge in [0.25, 0.3) is 0 Å². The Balaban J connectivity index is 1.07. The predicted octanol–water partition coefficient (Wildman–Crippen LogP) is -21.6. The van der Waals surface area contributed by atoms with E-state index in [9.17, 15) is 162 Å². The zero-order valence-corrected chi connectivity index (χ0v) is 65.9. The Morgan fingerprint density at radius 2 is 0.631 bits per heavy atom. The van der Waals surface area contributed by atoms with E-state index in [0.717, 1.165) is 27.7 Å². The van der Waals surface area contributed by atoms with Crippen LogP contribution in [-0.4, -0.2) is 533 Å². The molecule has 4 amide bonds. The van der Waals surface area contributed by atoms with Crippen molar-refractivity contribution >= 4 is 23.6 Å². The second-order valence-corrected chi connectivity index (χ2v) is 30.8. The molecule has 9 heterocycles. The van der Waals surface area contributed by atoms with Gasteiger partial charge in [-0.15, -0.1) is 0 Å². The summed E-state index contributed by atoms with van der Waals surface area (Å²) in [5.41, 5.74) is 0. The zero-order valence-electron chi connectivity index (χ0n) is 65.9. The van der Waals surface area contributed by atoms with Crippen molar-refractivity contribution in [2.24, 2.45) is 0 Å². The number of hydrogen-bond donors (Lipinski definition) is 32. The molecule has 49 atom stereocenters. The number of aliphatic hydroxyl groups excluding tert-OH is 28. The van der Waals surface area contributed by atoms with Crippen molar-refractivity contribution < 1.29 is 247 Å². The van der Waals surface area contributed by atoms with E-state index >= 15 is 0 Å². The third kappa shape index (κ3) is 23.1. The van der Waals surface area contributed by atoms with Crippen LogP contribution in [-0.2, 0) is 104 Å². The standard InChI is InChI=1S/C68H116N4O50/c1-16-34(86)44(96)49(101)63(107-16)105-14-22(85)53(35(87)21(6-73)69-17(2)81)116-60-31(70-18(3)82)41(93)56(29(13-80)112-60)119-66-52(104)57(120-68-59(48(100)39(91)26(10-77)111-68)122-62-33(72-20(5)84)43(95)55(28(12-79)114-62)118-65-51(103)46(98)37(89)24(8-75)109-65)40(92)30(115-66)15-106-67-58(47(99)38(90)25(9-76)110-67)121-61-32(71-19(4)83)42(94)54(27(11-78)113-61)117-64-50(102)45(97)36(88)23(7-74)108-64/h16,21-68,73-80,85-104H,6-15H2,1-5H3,(H,69,81)(H,70,82)(H,71,83)(H,72,84)/t16-,21+,22-,23-,24-,25-,26-,27-,28-,29-,30-,31-,32-,33-,34+,35-,36+,37+,38-,39-,40-,41-,42-,43-,44+,45+,46+,47+,48+,49-,50-,51-,52+,53-,54-,55-,56-,57+,58+,59+,60+,61+,62+,63+,64+,65+,66+,67+,68-/m1/s1. The highest BCUT2D eigenvalue weighted by molar-refractivity contribution is 5.74. The largest absolute Gasteiger partial charge is 0.394 e. The molecule has 0 spiro atoms. The van der Waals surface area contributed by atoms with E-state index in [1.807, 2.05) is 0 Å². The molecule has 32 N–H and O–H groups in total. The molecule has 54 heteroatoms. The molecule has 9 fully saturated rings. The molecule has 9 rings (SSSR count). The second kappa shape index (κ2) is 45.0. The Labute approximate surface area is 691 Å². The van der Waals surface area contributed by atoms with E-state index in [4.69, 9.17) is 85.3 Å². The first-order valence-corrected chi connectivity index (χ1v) is 38.9. The Bertz CT molecular complexity index is 3230. The third-order valence-electron chi connectivity index (χ3n) is 22.1. The molecule has 0 aromatic rings. The van der Waals surface area contributed by atoms with Gasteiger partial charge in [-0.05, 0) is 6.92 Å². The van der Waals surface area contributed by atoms with Crippen molar-refractivity contribution in [3.63, 3.8) is 0 Å². The first kappa shape index (κ1) is 102. The molecule has 54 nitrogen and oxygen atoms in total. The van der Waals surface area contributed by atoms with Gasteiger partial charge in [0, 0.05) is 27.7 Å². The number of amides is 4. The van der Waals surface area contributed by atoms with Gasteiger partial charge in [-0.2, -0.15) is 0 Å². The SMILES string of the molecule is CC(=O)N[C@H]1[C@H](O[C@@H]([C@H](O)[C@H](CO)NC(C)=O)[C@H](O)CO[C@H]2O[C@H](C)[C@H](O)[C@H](O)[C@H]2O)O[C@H](CO)[C@@H](O[C@@H]2O[C@H](CO[C@H]3O[C@H](CO)[C@@H](O)[C@H](O)[C@@H]3O[C@@H]3O[C@H](CO)[C@@H](O[C@@H]4O[C@H](CO)[C@H](O)[C@H](O)[C@H]4O)[C@H](O)[C@H]3NC(C)=O)[C@@H](O)[C@H](O[C@H]3O[C@H](CO)[C@@H](O)[C@H](O)[C@@H]3O[C@@H]3O[C@H](CO)[C@@H](O[C@@H]4O[C@H](CO)[C@H](O)[C@H](O)[C@H]4O)[C@H](O)[C@H]3NC(C)=O)[C@@H]2O)[C@@H]1O. The first-order valence-electron chi connectivity index (χ1n) is 38.9. The van der Waals surface area contributed by atoms with E-state index in [-0.39, 0.29) is 0 Å². The minimum atomic E-state index is -2.65. The van der Waals surface area contributed by atoms with Gasteiger partial charge in [0.1, 0.15) is 232 Å². The molecule has 9 aliphatic heterocycles. The van der Waals surface area contributed by atoms with E-state index in [1.165, 1.54) is 6.92 Å². The third-order valence-corrected chi connectivity index (χ3v) is 22.1. The molecule has 9 aliphatic rings. The van der Waals surface area contributed by atoms with Crippen LogP contribution in [0.5, 0.6) is 0 Å². The van der Waals surface area contributed by atoms with Gasteiger partial charge in [0.15, 0.2) is 56.6 Å². The summed E-state index contributed by atoms with van der Waals surface area (Å²) in [6.45, 7) is -6.33. The fourth-order valence-corrected chi connectivity index (χ4v) is 15.4. The number of ether oxygens (including phenoxy) is 18. The van der Waals surface area contributed by atoms with Crippen LogP contribution in [0.15, 0.2) is 0 Å². The maximum absolute atomic E-state index is 13.2. The Morgan fingerprint density at radius 3 is 1.03 bits per heavy atom. The molecular formula is C68H116N4O50. The molecule has 0 aromatic carbocycles. The van der Waals surface area contributed by atoms with Crippen molar-refractivity contribution in [2.75, 3.05) is 66.1 Å². The molecule has 122 heavy (non-hydrogen) atoms. The highest BCUT2D eigenvalue weighted by Crippen LogP contribution is 2.40. The van der Waals surface area contributed by atoms with Crippen molar-refractivity contribution in [3.05, 3.63) is 0 Å². The molecule has 708 valence electrons. The lowest BCUT2D eigenvalue weighted by Crippen LogP contribution is -2.70. The van der Waals surface area contributed by atoms with Crippen LogP contribution in [0.3, 0.4) is 0 Å². The van der Waals surface area contributed by atoms with Crippen molar-refractivity contribution in [1.29, 1.82) is 0 Å². The zero-order chi connectivity index (χ0) is 90.2. The van der Waals surface area contributed by atoms with Gasteiger partial charge in [-0.25, -0.2) is 0 Å². The van der Waals surface area contributed by atoms with E-state index in [2.05, 4.69) is 21.3 Å². The van der Waals surface area contributed by atoms with Gasteiger partial charge in [-0.3, -0.25) is 19.2 Å². The summed E-state index contributed by atoms with van der Waals surface area (Å²) < 4.78 is 106. The molecule has 9 saturated heterocycles. The summed E-state index contributed by atoms with van der Waals surface area (Å²) in [5, 5.41) is 321. The summed E-state index contributed by atoms with van der Waals surface area (Å²) in [6, 6.07) is -7.76. The van der Waals surface area contributed by atoms with Crippen LogP contribution in [0.2, 0.25) is 0 Å². The average Bonchev–Trinajstić information content (AvgIpc) is 0.766. The molecule has 0 saturated carbocycles. The lowest BCUT2D eigenvalue weighted by atomic mass is 9.94. The van der Waals surface area contributed by atoms with Crippen LogP contribution in [0, 0.1) is 0 Å². The van der Waals surface area contributed by atoms with Crippen LogP contribution >= 0.6 is 0 Å². The molecular weight excluding hydrogens is 1670 g/mol. The Morgan fingerprint density at radius 1 is 0.303 bits per heavy atom. The molecule has 0 radical (unpaired) electrons. The Kier molecular flexibility index (Phi) is 37.6. The van der Waals surface area contributed by atoms with Gasteiger partial charge >= 0.3 is 0 Å². The summed E-state index contributed by atoms with van der Waals surface area (Å²) in [5.74, 6) is -3.84. The predicted molar refractivity (Wildman–Crippen MR) is 377 cm³/mol. The topological polar surface area (TPSA) is 849 Å². The van der Waals surface area contributed by atoms with Crippen LogP contribution < -0.4 is 21.3 Å². The van der Waals surface area contributed by atoms with E-state index in [1.54, 1.807) is 0 Å². The van der Waals surface area contributed by atoms with Crippen molar-refractivity contribution in [3.8, 4) is 0 Å². The lowest BCUT2D eigenvalue weighted by Gasteiger charge is -2.51. The number of rotatable bonds is 35. The number of nitrogens with one attached hydrogen (secondary N) is 4. The highest BCUT2D eigenvalue weighted by Gasteiger charge is 2.61. The van der Waals surface area contributed by atoms with Crippen LogP contribution in [0.1, 0.15) is 34.6 Å². The molecule has 0 unspecified atom stereocenters. The number of hydrogen-bond acceptors (Lipinski definition) is 50. The maximum Gasteiger partial charge on any atom is 0.217 e. The highest BCUT2D eigenvalue weighted by atomic mass is 16.8. The minimum Gasteiger partial charge on any atom is -0.394 e. The lowest BCUT2D eigenvalue weighted by molar-refractivity contribution is -0.398. The number of aliphatic hydroxyl groups is 28. The average molecular weight is 1790 g/mol. The molecule has 0 aromatic heterocycles. The number of carbonyl (C=O) groups excluding carboxylic acids is 4. The quantitative estimate of drug-likeness (QED) is 0.0280. The van der Waals surface area contributed by atoms with Crippen LogP contribution in [0.4, 0.5) is 0 Å².